The lowest BCUT2D eigenvalue weighted by molar-refractivity contribution is -0.147. The van der Waals surface area contributed by atoms with Gasteiger partial charge in [-0.25, -0.2) is 0 Å². The maximum Gasteiger partial charge on any atom is 0.247 e. The molecule has 3 amide bonds. The number of hydrogen-bond donors (Lipinski definition) is 1. The Bertz CT molecular complexity index is 1450. The van der Waals surface area contributed by atoms with Crippen LogP contribution >= 0.6 is 11.8 Å². The first-order valence-electron chi connectivity index (χ1n) is 16.9. The average Bonchev–Trinajstić information content (AvgIpc) is 3.67. The molecule has 252 valence electrons. The summed E-state index contributed by atoms with van der Waals surface area (Å²) in [6.07, 6.45) is 5.86. The fraction of sp³-hybridized carbons (Fsp3) is 0.500. The SMILES string of the molecule is C=CCN(C(=O)[C@@H]1[C@@H]2CC(C)C3(S2)C(C(=O)N(CC=C)C(C)CCC)N([C@H](CO)c2ccccc2)C(=O)[C@H]13)c1ccc(OCC)cc1. The van der Waals surface area contributed by atoms with Crippen molar-refractivity contribution in [2.75, 3.05) is 31.2 Å². The summed E-state index contributed by atoms with van der Waals surface area (Å²) in [5, 5.41) is 10.8. The van der Waals surface area contributed by atoms with E-state index in [1.54, 1.807) is 33.7 Å². The van der Waals surface area contributed by atoms with E-state index in [9.17, 15) is 9.90 Å². The number of anilines is 1. The Labute approximate surface area is 283 Å². The van der Waals surface area contributed by atoms with E-state index in [4.69, 9.17) is 4.74 Å². The summed E-state index contributed by atoms with van der Waals surface area (Å²) in [7, 11) is 0. The topological polar surface area (TPSA) is 90.4 Å². The first kappa shape index (κ1) is 34.8. The number of benzene rings is 2. The lowest BCUT2D eigenvalue weighted by Crippen LogP contribution is -2.59. The van der Waals surface area contributed by atoms with Gasteiger partial charge in [0.15, 0.2) is 0 Å². The van der Waals surface area contributed by atoms with Crippen LogP contribution in [0.1, 0.15) is 58.6 Å². The third-order valence-corrected chi connectivity index (χ3v) is 12.4. The molecule has 1 N–H and O–H groups in total. The first-order chi connectivity index (χ1) is 22.7. The second-order valence-corrected chi connectivity index (χ2v) is 14.5. The number of aliphatic hydroxyl groups excluding tert-OH is 1. The standard InChI is InChI=1S/C38H49N3O5S/c1-7-14-26(6)39(21-8-2)37(45)34-38-25(5)23-31(47-38)32(33(38)36(44)41(34)30(24-42)27-15-12-11-13-16-27)35(43)40(22-9-3)28-17-19-29(20-18-28)46-10-4/h8-9,11-13,15-20,25-26,30-34,42H,2-3,7,10,14,21-24H2,1,4-6H3/t25?,26?,30-,31+,32-,33+,34?,38?/m1/s1. The van der Waals surface area contributed by atoms with Crippen molar-refractivity contribution in [1.82, 2.24) is 9.80 Å². The van der Waals surface area contributed by atoms with E-state index < -0.39 is 28.7 Å². The van der Waals surface area contributed by atoms with Crippen molar-refractivity contribution in [3.63, 3.8) is 0 Å². The van der Waals surface area contributed by atoms with E-state index in [2.05, 4.69) is 27.0 Å². The molecule has 2 aromatic rings. The molecule has 1 spiro atoms. The van der Waals surface area contributed by atoms with E-state index in [1.165, 1.54) is 0 Å². The molecule has 0 saturated carbocycles. The number of rotatable bonds is 15. The van der Waals surface area contributed by atoms with Crippen LogP contribution in [0.3, 0.4) is 0 Å². The van der Waals surface area contributed by atoms with Crippen molar-refractivity contribution in [1.29, 1.82) is 0 Å². The van der Waals surface area contributed by atoms with E-state index in [0.717, 1.165) is 24.8 Å². The van der Waals surface area contributed by atoms with Crippen LogP contribution in [-0.4, -0.2) is 81.0 Å². The highest BCUT2D eigenvalue weighted by molar-refractivity contribution is 8.02. The van der Waals surface area contributed by atoms with Crippen LogP contribution in [0, 0.1) is 17.8 Å². The molecule has 9 heteroatoms. The summed E-state index contributed by atoms with van der Waals surface area (Å²) < 4.78 is 4.80. The Hall–Kier alpha value is -3.56. The first-order valence-corrected chi connectivity index (χ1v) is 17.8. The molecular weight excluding hydrogens is 611 g/mol. The van der Waals surface area contributed by atoms with Crippen LogP contribution in [0.15, 0.2) is 79.9 Å². The van der Waals surface area contributed by atoms with Crippen molar-refractivity contribution in [2.45, 2.75) is 75.1 Å². The van der Waals surface area contributed by atoms with E-state index >= 15 is 9.59 Å². The average molecular weight is 660 g/mol. The molecule has 5 rings (SSSR count). The van der Waals surface area contributed by atoms with E-state index in [1.807, 2.05) is 73.3 Å². The fourth-order valence-corrected chi connectivity index (χ4v) is 10.7. The number of amides is 3. The lowest BCUT2D eigenvalue weighted by atomic mass is 9.65. The van der Waals surface area contributed by atoms with Crippen LogP contribution < -0.4 is 9.64 Å². The van der Waals surface area contributed by atoms with Crippen LogP contribution in [0.4, 0.5) is 5.69 Å². The van der Waals surface area contributed by atoms with Gasteiger partial charge < -0.3 is 24.5 Å². The van der Waals surface area contributed by atoms with Gasteiger partial charge in [0.05, 0.1) is 35.8 Å². The van der Waals surface area contributed by atoms with Crippen molar-refractivity contribution in [2.24, 2.45) is 17.8 Å². The fourth-order valence-electron chi connectivity index (χ4n) is 8.26. The van der Waals surface area contributed by atoms with Gasteiger partial charge >= 0.3 is 0 Å². The number of carbonyl (C=O) groups is 3. The van der Waals surface area contributed by atoms with Crippen molar-refractivity contribution in [3.05, 3.63) is 85.5 Å². The molecule has 2 bridgehead atoms. The number of aliphatic hydroxyl groups is 1. The van der Waals surface area contributed by atoms with Crippen LogP contribution in [0.2, 0.25) is 0 Å². The molecule has 0 radical (unpaired) electrons. The van der Waals surface area contributed by atoms with Gasteiger partial charge in [0, 0.05) is 30.1 Å². The normalized spacial score (nSPS) is 27.2. The Morgan fingerprint density at radius 2 is 1.77 bits per heavy atom. The predicted molar refractivity (Wildman–Crippen MR) is 188 cm³/mol. The van der Waals surface area contributed by atoms with Crippen molar-refractivity contribution in [3.8, 4) is 5.75 Å². The number of ether oxygens (including phenoxy) is 1. The third-order valence-electron chi connectivity index (χ3n) is 10.3. The van der Waals surface area contributed by atoms with E-state index in [0.29, 0.717) is 24.6 Å². The number of nitrogens with zero attached hydrogens (tertiary/aromatic N) is 3. The van der Waals surface area contributed by atoms with Crippen LogP contribution in [-0.2, 0) is 14.4 Å². The number of fused-ring (bicyclic) bond motifs is 1. The smallest absolute Gasteiger partial charge is 0.247 e. The summed E-state index contributed by atoms with van der Waals surface area (Å²) in [6, 6.07) is 15.2. The van der Waals surface area contributed by atoms with Crippen LogP contribution in [0.5, 0.6) is 5.75 Å². The largest absolute Gasteiger partial charge is 0.494 e. The van der Waals surface area contributed by atoms with Gasteiger partial charge in [-0.1, -0.05) is 62.8 Å². The second-order valence-electron chi connectivity index (χ2n) is 13.0. The zero-order chi connectivity index (χ0) is 33.9. The van der Waals surface area contributed by atoms with Gasteiger partial charge in [0.2, 0.25) is 17.7 Å². The molecule has 3 heterocycles. The van der Waals surface area contributed by atoms with Gasteiger partial charge in [-0.2, -0.15) is 0 Å². The van der Waals surface area contributed by atoms with Gasteiger partial charge in [-0.05, 0) is 62.4 Å². The molecule has 2 aromatic carbocycles. The minimum Gasteiger partial charge on any atom is -0.494 e. The molecule has 3 aliphatic heterocycles. The highest BCUT2D eigenvalue weighted by Crippen LogP contribution is 2.69. The zero-order valence-electron chi connectivity index (χ0n) is 28.1. The van der Waals surface area contributed by atoms with Gasteiger partial charge in [-0.15, -0.1) is 24.9 Å². The second kappa shape index (κ2) is 14.7. The molecule has 8 nitrogen and oxygen atoms in total. The number of carbonyl (C=O) groups excluding carboxylic acids is 3. The van der Waals surface area contributed by atoms with Crippen molar-refractivity contribution < 1.29 is 24.2 Å². The molecule has 8 atom stereocenters. The summed E-state index contributed by atoms with van der Waals surface area (Å²) in [5.74, 6) is -1.17. The van der Waals surface area contributed by atoms with Gasteiger partial charge in [0.25, 0.3) is 0 Å². The quantitative estimate of drug-likeness (QED) is 0.241. The van der Waals surface area contributed by atoms with Crippen molar-refractivity contribution >= 4 is 35.2 Å². The van der Waals surface area contributed by atoms with Gasteiger partial charge in [-0.3, -0.25) is 14.4 Å². The molecule has 4 unspecified atom stereocenters. The number of likely N-dealkylation sites (tertiary alicyclic amines) is 1. The highest BCUT2D eigenvalue weighted by atomic mass is 32.2. The Balaban J connectivity index is 1.62. The predicted octanol–water partition coefficient (Wildman–Crippen LogP) is 5.88. The molecule has 3 aliphatic rings. The summed E-state index contributed by atoms with van der Waals surface area (Å²) in [4.78, 5) is 50.0. The van der Waals surface area contributed by atoms with E-state index in [-0.39, 0.29) is 48.1 Å². The molecule has 0 aliphatic carbocycles. The lowest BCUT2D eigenvalue weighted by Gasteiger charge is -2.43. The molecule has 47 heavy (non-hydrogen) atoms. The number of hydrogen-bond acceptors (Lipinski definition) is 6. The molecule has 3 saturated heterocycles. The maximum atomic E-state index is 15.0. The van der Waals surface area contributed by atoms with Crippen LogP contribution in [0.25, 0.3) is 0 Å². The van der Waals surface area contributed by atoms with Gasteiger partial charge in [0.1, 0.15) is 11.8 Å². The Morgan fingerprint density at radius 3 is 2.36 bits per heavy atom. The third kappa shape index (κ3) is 6.01. The Morgan fingerprint density at radius 1 is 1.09 bits per heavy atom. The summed E-state index contributed by atoms with van der Waals surface area (Å²) >= 11 is 1.65. The monoisotopic (exact) mass is 659 g/mol. The zero-order valence-corrected chi connectivity index (χ0v) is 28.9. The maximum absolute atomic E-state index is 15.0. The molecule has 3 fully saturated rings. The molecular formula is C38H49N3O5S. The Kier molecular flexibility index (Phi) is 10.9. The minimum atomic E-state index is -0.849. The number of thioether (sulfide) groups is 1. The summed E-state index contributed by atoms with van der Waals surface area (Å²) in [6.45, 7) is 16.9. The highest BCUT2D eigenvalue weighted by Gasteiger charge is 2.77. The minimum absolute atomic E-state index is 0.00467. The molecule has 0 aromatic heterocycles. The summed E-state index contributed by atoms with van der Waals surface area (Å²) in [5.41, 5.74) is 1.46.